The van der Waals surface area contributed by atoms with E-state index in [9.17, 15) is 4.79 Å². The molecule has 4 atom stereocenters. The van der Waals surface area contributed by atoms with Gasteiger partial charge >= 0.3 is 6.03 Å². The molecule has 0 aliphatic heterocycles. The molecule has 0 heterocycles. The summed E-state index contributed by atoms with van der Waals surface area (Å²) >= 11 is 0. The van der Waals surface area contributed by atoms with Crippen LogP contribution in [0.5, 0.6) is 0 Å². The van der Waals surface area contributed by atoms with Crippen molar-refractivity contribution in [2.75, 3.05) is 0 Å². The number of fused-ring (bicyclic) bond motifs is 2. The first-order valence-corrected chi connectivity index (χ1v) is 8.29. The molecule has 0 aromatic carbocycles. The number of urea groups is 1. The Kier molecular flexibility index (Phi) is 3.99. The highest BCUT2D eigenvalue weighted by molar-refractivity contribution is 5.74. The number of rotatable bonds is 3. The summed E-state index contributed by atoms with van der Waals surface area (Å²) in [5, 5.41) is 6.37. The van der Waals surface area contributed by atoms with Crippen LogP contribution in [-0.2, 0) is 0 Å². The van der Waals surface area contributed by atoms with Crippen molar-refractivity contribution in [3.63, 3.8) is 0 Å². The fourth-order valence-corrected chi connectivity index (χ4v) is 4.69. The zero-order valence-corrected chi connectivity index (χ0v) is 12.2. The molecular weight excluding hydrogens is 236 g/mol. The maximum absolute atomic E-state index is 12.1. The summed E-state index contributed by atoms with van der Waals surface area (Å²) in [6, 6.07) is 0.835. The summed E-state index contributed by atoms with van der Waals surface area (Å²) in [6.07, 6.45) is 11.8. The molecular formula is C16H28N2O. The molecule has 3 rings (SSSR count). The molecule has 19 heavy (non-hydrogen) atoms. The van der Waals surface area contributed by atoms with Crippen LogP contribution in [0.4, 0.5) is 4.79 Å². The predicted octanol–water partition coefficient (Wildman–Crippen LogP) is 3.44. The fourth-order valence-electron chi connectivity index (χ4n) is 4.69. The highest BCUT2D eigenvalue weighted by Gasteiger charge is 2.42. The minimum atomic E-state index is 0.0715. The number of amides is 2. The molecule has 3 heteroatoms. The van der Waals surface area contributed by atoms with Gasteiger partial charge in [-0.05, 0) is 56.8 Å². The van der Waals surface area contributed by atoms with Gasteiger partial charge in [-0.15, -0.1) is 0 Å². The molecule has 0 aromatic heterocycles. The van der Waals surface area contributed by atoms with Crippen LogP contribution in [0.2, 0.25) is 0 Å². The van der Waals surface area contributed by atoms with E-state index in [0.717, 1.165) is 30.6 Å². The van der Waals surface area contributed by atoms with E-state index in [1.807, 2.05) is 0 Å². The predicted molar refractivity (Wildman–Crippen MR) is 76.9 cm³/mol. The lowest BCUT2D eigenvalue weighted by Gasteiger charge is -2.30. The van der Waals surface area contributed by atoms with Gasteiger partial charge in [-0.2, -0.15) is 0 Å². The van der Waals surface area contributed by atoms with Crippen LogP contribution >= 0.6 is 0 Å². The van der Waals surface area contributed by atoms with E-state index < -0.39 is 0 Å². The van der Waals surface area contributed by atoms with Crippen LogP contribution in [0.1, 0.15) is 64.7 Å². The van der Waals surface area contributed by atoms with Crippen molar-refractivity contribution in [1.29, 1.82) is 0 Å². The molecule has 2 amide bonds. The summed E-state index contributed by atoms with van der Waals surface area (Å²) in [5.41, 5.74) is 0. The van der Waals surface area contributed by atoms with Gasteiger partial charge in [0.15, 0.2) is 0 Å². The lowest BCUT2D eigenvalue weighted by molar-refractivity contribution is 0.213. The molecule has 0 saturated heterocycles. The second kappa shape index (κ2) is 5.72. The zero-order chi connectivity index (χ0) is 13.2. The summed E-state index contributed by atoms with van der Waals surface area (Å²) in [6.45, 7) is 2.20. The van der Waals surface area contributed by atoms with Gasteiger partial charge in [0.25, 0.3) is 0 Å². The number of carbonyl (C=O) groups is 1. The van der Waals surface area contributed by atoms with E-state index >= 15 is 0 Å². The van der Waals surface area contributed by atoms with Crippen molar-refractivity contribution < 1.29 is 4.79 Å². The summed E-state index contributed by atoms with van der Waals surface area (Å²) in [5.74, 6) is 2.58. The third-order valence-corrected chi connectivity index (χ3v) is 5.73. The van der Waals surface area contributed by atoms with E-state index in [1.54, 1.807) is 0 Å². The van der Waals surface area contributed by atoms with Gasteiger partial charge in [-0.3, -0.25) is 0 Å². The van der Waals surface area contributed by atoms with Crippen LogP contribution < -0.4 is 10.6 Å². The van der Waals surface area contributed by atoms with Crippen LogP contribution in [0.25, 0.3) is 0 Å². The van der Waals surface area contributed by atoms with E-state index in [4.69, 9.17) is 0 Å². The number of hydrogen-bond donors (Lipinski definition) is 2. The Morgan fingerprint density at radius 3 is 2.47 bits per heavy atom. The molecule has 2 N–H and O–H groups in total. The molecule has 3 fully saturated rings. The highest BCUT2D eigenvalue weighted by atomic mass is 16.2. The molecule has 108 valence electrons. The average Bonchev–Trinajstić information content (AvgIpc) is 3.02. The minimum absolute atomic E-state index is 0.0715. The van der Waals surface area contributed by atoms with Crippen LogP contribution in [-0.4, -0.2) is 18.1 Å². The van der Waals surface area contributed by atoms with Crippen molar-refractivity contribution in [3.8, 4) is 0 Å². The van der Waals surface area contributed by atoms with Crippen molar-refractivity contribution in [2.24, 2.45) is 17.8 Å². The van der Waals surface area contributed by atoms with Gasteiger partial charge in [-0.1, -0.05) is 25.7 Å². The van der Waals surface area contributed by atoms with Crippen molar-refractivity contribution in [2.45, 2.75) is 76.8 Å². The number of nitrogens with one attached hydrogen (secondary N) is 2. The fraction of sp³-hybridized carbons (Fsp3) is 0.938. The topological polar surface area (TPSA) is 41.1 Å². The number of hydrogen-bond acceptors (Lipinski definition) is 1. The van der Waals surface area contributed by atoms with Gasteiger partial charge in [-0.25, -0.2) is 4.79 Å². The molecule has 3 nitrogen and oxygen atoms in total. The Bertz CT molecular complexity index is 325. The first-order valence-electron chi connectivity index (χ1n) is 8.29. The molecule has 0 unspecified atom stereocenters. The molecule has 3 saturated carbocycles. The molecule has 2 bridgehead atoms. The minimum Gasteiger partial charge on any atom is -0.335 e. The van der Waals surface area contributed by atoms with Gasteiger partial charge in [0.05, 0.1) is 0 Å². The third kappa shape index (κ3) is 3.06. The standard InChI is InChI=1S/C16H28N2O/c1-11(15-10-12-7-8-13(15)9-12)17-16(19)18-14-5-3-2-4-6-14/h11-15H,2-10H2,1H3,(H2,17,18,19)/t11-,12+,13+,15+/m0/s1. The van der Waals surface area contributed by atoms with E-state index in [1.165, 1.54) is 44.9 Å². The SMILES string of the molecule is C[C@H](NC(=O)NC1CCCCC1)[C@H]1C[C@@H]2CC[C@@H]1C2. The molecule has 0 spiro atoms. The molecule has 3 aliphatic carbocycles. The Balaban J connectivity index is 1.43. The summed E-state index contributed by atoms with van der Waals surface area (Å²) < 4.78 is 0. The van der Waals surface area contributed by atoms with Gasteiger partial charge in [0.1, 0.15) is 0 Å². The van der Waals surface area contributed by atoms with Crippen LogP contribution in [0.15, 0.2) is 0 Å². The Morgan fingerprint density at radius 2 is 1.84 bits per heavy atom. The monoisotopic (exact) mass is 264 g/mol. The maximum atomic E-state index is 12.1. The second-order valence-corrected chi connectivity index (χ2v) is 7.08. The van der Waals surface area contributed by atoms with E-state index in [2.05, 4.69) is 17.6 Å². The van der Waals surface area contributed by atoms with Crippen molar-refractivity contribution in [3.05, 3.63) is 0 Å². The number of carbonyl (C=O) groups excluding carboxylic acids is 1. The normalized spacial score (nSPS) is 36.2. The highest BCUT2D eigenvalue weighted by Crippen LogP contribution is 2.49. The average molecular weight is 264 g/mol. The Labute approximate surface area is 116 Å². The van der Waals surface area contributed by atoms with Gasteiger partial charge in [0.2, 0.25) is 0 Å². The summed E-state index contributed by atoms with van der Waals surface area (Å²) in [4.78, 5) is 12.1. The first-order chi connectivity index (χ1) is 9.22. The molecule has 0 aromatic rings. The van der Waals surface area contributed by atoms with Gasteiger partial charge < -0.3 is 10.6 Å². The quantitative estimate of drug-likeness (QED) is 0.805. The first kappa shape index (κ1) is 13.3. The Hall–Kier alpha value is -0.730. The summed E-state index contributed by atoms with van der Waals surface area (Å²) in [7, 11) is 0. The van der Waals surface area contributed by atoms with E-state index in [0.29, 0.717) is 12.1 Å². The second-order valence-electron chi connectivity index (χ2n) is 7.08. The third-order valence-electron chi connectivity index (χ3n) is 5.73. The smallest absolute Gasteiger partial charge is 0.315 e. The van der Waals surface area contributed by atoms with Gasteiger partial charge in [0, 0.05) is 12.1 Å². The largest absolute Gasteiger partial charge is 0.335 e. The lowest BCUT2D eigenvalue weighted by atomic mass is 9.84. The Morgan fingerprint density at radius 1 is 1.05 bits per heavy atom. The van der Waals surface area contributed by atoms with Crippen LogP contribution in [0, 0.1) is 17.8 Å². The van der Waals surface area contributed by atoms with E-state index in [-0.39, 0.29) is 6.03 Å². The van der Waals surface area contributed by atoms with Crippen molar-refractivity contribution in [1.82, 2.24) is 10.6 Å². The van der Waals surface area contributed by atoms with Crippen LogP contribution in [0.3, 0.4) is 0 Å². The van der Waals surface area contributed by atoms with Crippen molar-refractivity contribution >= 4 is 6.03 Å². The lowest BCUT2D eigenvalue weighted by Crippen LogP contribution is -2.48. The maximum Gasteiger partial charge on any atom is 0.315 e. The molecule has 3 aliphatic rings. The zero-order valence-electron chi connectivity index (χ0n) is 12.2. The molecule has 0 radical (unpaired) electrons.